The van der Waals surface area contributed by atoms with Gasteiger partial charge in [-0.05, 0) is 37.0 Å². The van der Waals surface area contributed by atoms with E-state index >= 15 is 0 Å². The van der Waals surface area contributed by atoms with E-state index in [2.05, 4.69) is 20.8 Å². The van der Waals surface area contributed by atoms with Crippen molar-refractivity contribution in [3.05, 3.63) is 0 Å². The maximum atomic E-state index is 11.5. The SMILES string of the molecule is CCCC(O)(C(=O)O)C1CC(C)CCC1C(C)C. The minimum Gasteiger partial charge on any atom is -0.479 e. The molecule has 0 aliphatic heterocycles. The highest BCUT2D eigenvalue weighted by Gasteiger charge is 2.49. The normalized spacial score (nSPS) is 32.2. The average Bonchev–Trinajstić information content (AvgIpc) is 2.28. The molecule has 1 rings (SSSR count). The number of rotatable bonds is 5. The molecule has 3 heteroatoms. The van der Waals surface area contributed by atoms with Crippen molar-refractivity contribution >= 4 is 5.97 Å². The van der Waals surface area contributed by atoms with E-state index in [9.17, 15) is 15.0 Å². The zero-order valence-corrected chi connectivity index (χ0v) is 12.1. The second kappa shape index (κ2) is 6.05. The highest BCUT2D eigenvalue weighted by molar-refractivity contribution is 5.77. The Balaban J connectivity index is 3.00. The van der Waals surface area contributed by atoms with E-state index in [0.29, 0.717) is 30.6 Å². The number of aliphatic carboxylic acids is 1. The first-order valence-electron chi connectivity index (χ1n) is 7.28. The Morgan fingerprint density at radius 2 is 2.00 bits per heavy atom. The molecule has 1 fully saturated rings. The van der Waals surface area contributed by atoms with Gasteiger partial charge in [0.2, 0.25) is 0 Å². The second-order valence-electron chi connectivity index (χ2n) is 6.41. The number of carboxylic acid groups (broad SMARTS) is 1. The predicted molar refractivity (Wildman–Crippen MR) is 72.3 cm³/mol. The first-order chi connectivity index (χ1) is 8.32. The van der Waals surface area contributed by atoms with E-state index in [-0.39, 0.29) is 5.92 Å². The van der Waals surface area contributed by atoms with Gasteiger partial charge in [0, 0.05) is 5.92 Å². The smallest absolute Gasteiger partial charge is 0.335 e. The van der Waals surface area contributed by atoms with Crippen LogP contribution in [0.5, 0.6) is 0 Å². The van der Waals surface area contributed by atoms with E-state index in [4.69, 9.17) is 0 Å². The average molecular weight is 256 g/mol. The lowest BCUT2D eigenvalue weighted by atomic mass is 9.62. The third-order valence-corrected chi connectivity index (χ3v) is 4.64. The molecule has 1 aliphatic carbocycles. The van der Waals surface area contributed by atoms with Gasteiger partial charge in [0.15, 0.2) is 5.60 Å². The monoisotopic (exact) mass is 256 g/mol. The van der Waals surface area contributed by atoms with Gasteiger partial charge in [0.25, 0.3) is 0 Å². The van der Waals surface area contributed by atoms with E-state index in [0.717, 1.165) is 19.3 Å². The van der Waals surface area contributed by atoms with Crippen LogP contribution < -0.4 is 0 Å². The topological polar surface area (TPSA) is 57.5 Å². The van der Waals surface area contributed by atoms with Crippen molar-refractivity contribution < 1.29 is 15.0 Å². The molecule has 1 aliphatic rings. The van der Waals surface area contributed by atoms with E-state index in [1.54, 1.807) is 0 Å². The third-order valence-electron chi connectivity index (χ3n) is 4.64. The Morgan fingerprint density at radius 3 is 2.44 bits per heavy atom. The number of carboxylic acids is 1. The second-order valence-corrected chi connectivity index (χ2v) is 6.41. The lowest BCUT2D eigenvalue weighted by Crippen LogP contribution is -2.51. The molecular formula is C15H28O3. The van der Waals surface area contributed by atoms with Gasteiger partial charge in [0.05, 0.1) is 0 Å². The van der Waals surface area contributed by atoms with Gasteiger partial charge in [-0.25, -0.2) is 4.79 Å². The fraction of sp³-hybridized carbons (Fsp3) is 0.933. The molecule has 0 aromatic carbocycles. The lowest BCUT2D eigenvalue weighted by molar-refractivity contribution is -0.173. The summed E-state index contributed by atoms with van der Waals surface area (Å²) < 4.78 is 0. The van der Waals surface area contributed by atoms with Gasteiger partial charge >= 0.3 is 5.97 Å². The Kier molecular flexibility index (Phi) is 5.20. The minimum absolute atomic E-state index is 0.0984. The van der Waals surface area contributed by atoms with Crippen molar-refractivity contribution in [3.8, 4) is 0 Å². The maximum absolute atomic E-state index is 11.5. The minimum atomic E-state index is -1.53. The van der Waals surface area contributed by atoms with Gasteiger partial charge in [-0.15, -0.1) is 0 Å². The highest BCUT2D eigenvalue weighted by Crippen LogP contribution is 2.45. The summed E-state index contributed by atoms with van der Waals surface area (Å²) >= 11 is 0. The number of carbonyl (C=O) groups is 1. The zero-order valence-electron chi connectivity index (χ0n) is 12.1. The van der Waals surface area contributed by atoms with Gasteiger partial charge in [-0.3, -0.25) is 0 Å². The summed E-state index contributed by atoms with van der Waals surface area (Å²) in [5.74, 6) is 0.152. The predicted octanol–water partition coefficient (Wildman–Crippen LogP) is 3.31. The van der Waals surface area contributed by atoms with Crippen LogP contribution in [0.3, 0.4) is 0 Å². The van der Waals surface area contributed by atoms with Crippen LogP contribution in [0.4, 0.5) is 0 Å². The van der Waals surface area contributed by atoms with Crippen LogP contribution in [-0.4, -0.2) is 21.8 Å². The molecular weight excluding hydrogens is 228 g/mol. The Hall–Kier alpha value is -0.570. The van der Waals surface area contributed by atoms with Crippen molar-refractivity contribution in [1.29, 1.82) is 0 Å². The van der Waals surface area contributed by atoms with Crippen molar-refractivity contribution in [2.75, 3.05) is 0 Å². The van der Waals surface area contributed by atoms with Gasteiger partial charge in [0.1, 0.15) is 0 Å². The van der Waals surface area contributed by atoms with E-state index < -0.39 is 11.6 Å². The molecule has 0 aromatic heterocycles. The molecule has 0 bridgehead atoms. The van der Waals surface area contributed by atoms with E-state index in [1.807, 2.05) is 6.92 Å². The molecule has 2 N–H and O–H groups in total. The summed E-state index contributed by atoms with van der Waals surface area (Å²) in [7, 11) is 0. The fourth-order valence-electron chi connectivity index (χ4n) is 3.58. The summed E-state index contributed by atoms with van der Waals surface area (Å²) in [6, 6.07) is 0. The quantitative estimate of drug-likeness (QED) is 0.793. The van der Waals surface area contributed by atoms with Crippen molar-refractivity contribution in [2.45, 2.75) is 65.4 Å². The molecule has 4 atom stereocenters. The van der Waals surface area contributed by atoms with Crippen LogP contribution in [0.1, 0.15) is 59.8 Å². The highest BCUT2D eigenvalue weighted by atomic mass is 16.4. The fourth-order valence-corrected chi connectivity index (χ4v) is 3.58. The van der Waals surface area contributed by atoms with Gasteiger partial charge in [-0.1, -0.05) is 40.5 Å². The van der Waals surface area contributed by atoms with Crippen LogP contribution in [0, 0.1) is 23.7 Å². The molecule has 0 amide bonds. The standard InChI is InChI=1S/C15H28O3/c1-5-8-15(18,14(16)17)13-9-11(4)6-7-12(13)10(2)3/h10-13,18H,5-9H2,1-4H3,(H,16,17). The number of hydrogen-bond acceptors (Lipinski definition) is 2. The molecule has 106 valence electrons. The summed E-state index contributed by atoms with van der Waals surface area (Å²) in [6.45, 7) is 8.38. The van der Waals surface area contributed by atoms with Crippen molar-refractivity contribution in [1.82, 2.24) is 0 Å². The van der Waals surface area contributed by atoms with Crippen LogP contribution >= 0.6 is 0 Å². The number of aliphatic hydroxyl groups is 1. The summed E-state index contributed by atoms with van der Waals surface area (Å²) in [5, 5.41) is 20.1. The number of hydrogen-bond donors (Lipinski definition) is 2. The maximum Gasteiger partial charge on any atom is 0.335 e. The molecule has 4 unspecified atom stereocenters. The Labute approximate surface area is 111 Å². The molecule has 3 nitrogen and oxygen atoms in total. The molecule has 0 radical (unpaired) electrons. The third kappa shape index (κ3) is 3.05. The zero-order chi connectivity index (χ0) is 13.9. The molecule has 0 saturated heterocycles. The van der Waals surface area contributed by atoms with Crippen LogP contribution in [-0.2, 0) is 4.79 Å². The molecule has 1 saturated carbocycles. The van der Waals surface area contributed by atoms with Crippen LogP contribution in [0.25, 0.3) is 0 Å². The Morgan fingerprint density at radius 1 is 1.39 bits per heavy atom. The van der Waals surface area contributed by atoms with Crippen molar-refractivity contribution in [3.63, 3.8) is 0 Å². The van der Waals surface area contributed by atoms with Crippen LogP contribution in [0.2, 0.25) is 0 Å². The molecule has 0 spiro atoms. The first-order valence-corrected chi connectivity index (χ1v) is 7.28. The lowest BCUT2D eigenvalue weighted by Gasteiger charge is -2.44. The summed E-state index contributed by atoms with van der Waals surface area (Å²) in [6.07, 6.45) is 4.11. The molecule has 0 heterocycles. The summed E-state index contributed by atoms with van der Waals surface area (Å²) in [5.41, 5.74) is -1.53. The first kappa shape index (κ1) is 15.5. The van der Waals surface area contributed by atoms with Crippen molar-refractivity contribution in [2.24, 2.45) is 23.7 Å². The molecule has 0 aromatic rings. The van der Waals surface area contributed by atoms with Gasteiger partial charge < -0.3 is 10.2 Å². The van der Waals surface area contributed by atoms with Gasteiger partial charge in [-0.2, -0.15) is 0 Å². The Bertz CT molecular complexity index is 287. The van der Waals surface area contributed by atoms with E-state index in [1.165, 1.54) is 0 Å². The van der Waals surface area contributed by atoms with Crippen LogP contribution in [0.15, 0.2) is 0 Å². The molecule has 18 heavy (non-hydrogen) atoms. The largest absolute Gasteiger partial charge is 0.479 e. The summed E-state index contributed by atoms with van der Waals surface area (Å²) in [4.78, 5) is 11.5.